The fourth-order valence-electron chi connectivity index (χ4n) is 4.72. The molecule has 3 unspecified atom stereocenters. The molecule has 0 radical (unpaired) electrons. The lowest BCUT2D eigenvalue weighted by atomic mass is 9.86. The smallest absolute Gasteiger partial charge is 0.237 e. The SMILES string of the molecule is CC(NC(=O)C1CCCN1Cc1ccccc1)C(Cc1ccc(Cl)cc1)c1ccc(Cl)cc1. The maximum Gasteiger partial charge on any atom is 0.237 e. The van der Waals surface area contributed by atoms with Crippen molar-refractivity contribution in [2.45, 2.75) is 50.7 Å². The van der Waals surface area contributed by atoms with Gasteiger partial charge in [0.05, 0.1) is 6.04 Å². The number of halogens is 2. The third-order valence-electron chi connectivity index (χ3n) is 6.54. The largest absolute Gasteiger partial charge is 0.352 e. The highest BCUT2D eigenvalue weighted by Gasteiger charge is 2.32. The minimum atomic E-state index is -0.0888. The average Bonchev–Trinajstić information content (AvgIpc) is 3.28. The highest BCUT2D eigenvalue weighted by Crippen LogP contribution is 2.28. The first kappa shape index (κ1) is 23.8. The van der Waals surface area contributed by atoms with Crippen LogP contribution >= 0.6 is 23.2 Å². The molecule has 1 aliphatic rings. The third-order valence-corrected chi connectivity index (χ3v) is 7.04. The van der Waals surface area contributed by atoms with Crippen molar-refractivity contribution >= 4 is 29.1 Å². The highest BCUT2D eigenvalue weighted by atomic mass is 35.5. The van der Waals surface area contributed by atoms with Crippen LogP contribution in [0.3, 0.4) is 0 Å². The molecule has 1 fully saturated rings. The molecule has 1 amide bonds. The summed E-state index contributed by atoms with van der Waals surface area (Å²) in [6, 6.07) is 26.1. The molecule has 1 saturated heterocycles. The minimum Gasteiger partial charge on any atom is -0.352 e. The van der Waals surface area contributed by atoms with Crippen LogP contribution in [0.15, 0.2) is 78.9 Å². The lowest BCUT2D eigenvalue weighted by Gasteiger charge is -2.29. The molecule has 3 nitrogen and oxygen atoms in total. The van der Waals surface area contributed by atoms with Crippen LogP contribution in [0.5, 0.6) is 0 Å². The molecular weight excluding hydrogens is 451 g/mol. The van der Waals surface area contributed by atoms with Gasteiger partial charge in [0.1, 0.15) is 0 Å². The second-order valence-corrected chi connectivity index (χ2v) is 9.77. The van der Waals surface area contributed by atoms with E-state index >= 15 is 0 Å². The van der Waals surface area contributed by atoms with Gasteiger partial charge in [0.15, 0.2) is 0 Å². The number of carbonyl (C=O) groups is 1. The Kier molecular flexibility index (Phi) is 8.08. The summed E-state index contributed by atoms with van der Waals surface area (Å²) in [6.07, 6.45) is 2.75. The van der Waals surface area contributed by atoms with Crippen LogP contribution in [0.1, 0.15) is 42.4 Å². The number of nitrogens with one attached hydrogen (secondary N) is 1. The first-order valence-corrected chi connectivity index (χ1v) is 12.3. The molecule has 3 aromatic carbocycles. The molecule has 0 aromatic heterocycles. The van der Waals surface area contributed by atoms with E-state index in [1.54, 1.807) is 0 Å². The van der Waals surface area contributed by atoms with E-state index in [1.807, 2.05) is 30.3 Å². The molecular formula is C28H30Cl2N2O. The number of rotatable bonds is 8. The Labute approximate surface area is 206 Å². The minimum absolute atomic E-state index is 0.0338. The summed E-state index contributed by atoms with van der Waals surface area (Å²) in [6.45, 7) is 3.86. The van der Waals surface area contributed by atoms with E-state index in [9.17, 15) is 4.79 Å². The van der Waals surface area contributed by atoms with Gasteiger partial charge in [0, 0.05) is 28.5 Å². The lowest BCUT2D eigenvalue weighted by molar-refractivity contribution is -0.126. The summed E-state index contributed by atoms with van der Waals surface area (Å²) in [7, 11) is 0. The Balaban J connectivity index is 1.48. The van der Waals surface area contributed by atoms with Crippen LogP contribution in [-0.4, -0.2) is 29.4 Å². The van der Waals surface area contributed by atoms with Gasteiger partial charge in [0.25, 0.3) is 0 Å². The number of hydrogen-bond acceptors (Lipinski definition) is 2. The first-order chi connectivity index (χ1) is 16.0. The highest BCUT2D eigenvalue weighted by molar-refractivity contribution is 6.30. The van der Waals surface area contributed by atoms with E-state index < -0.39 is 0 Å². The molecule has 1 N–H and O–H groups in total. The van der Waals surface area contributed by atoms with Crippen LogP contribution in [0, 0.1) is 0 Å². The zero-order valence-electron chi connectivity index (χ0n) is 18.9. The monoisotopic (exact) mass is 480 g/mol. The predicted octanol–water partition coefficient (Wildman–Crippen LogP) is 6.49. The second kappa shape index (κ2) is 11.2. The van der Waals surface area contributed by atoms with Gasteiger partial charge in [0.2, 0.25) is 5.91 Å². The molecule has 1 aliphatic heterocycles. The van der Waals surface area contributed by atoms with Crippen LogP contribution in [0.25, 0.3) is 0 Å². The van der Waals surface area contributed by atoms with Crippen molar-refractivity contribution in [3.63, 3.8) is 0 Å². The molecule has 0 bridgehead atoms. The van der Waals surface area contributed by atoms with Gasteiger partial charge in [-0.3, -0.25) is 9.69 Å². The summed E-state index contributed by atoms with van der Waals surface area (Å²) >= 11 is 12.2. The van der Waals surface area contributed by atoms with Gasteiger partial charge in [-0.25, -0.2) is 0 Å². The quantitative estimate of drug-likeness (QED) is 0.399. The zero-order valence-corrected chi connectivity index (χ0v) is 20.4. The van der Waals surface area contributed by atoms with Gasteiger partial charge in [-0.05, 0) is 73.7 Å². The number of benzene rings is 3. The number of carbonyl (C=O) groups excluding carboxylic acids is 1. The number of amides is 1. The zero-order chi connectivity index (χ0) is 23.2. The predicted molar refractivity (Wildman–Crippen MR) is 137 cm³/mol. The van der Waals surface area contributed by atoms with E-state index in [1.165, 1.54) is 11.1 Å². The van der Waals surface area contributed by atoms with E-state index in [2.05, 4.69) is 65.7 Å². The van der Waals surface area contributed by atoms with Crippen molar-refractivity contribution in [3.05, 3.63) is 106 Å². The molecule has 0 spiro atoms. The van der Waals surface area contributed by atoms with Crippen molar-refractivity contribution < 1.29 is 4.79 Å². The topological polar surface area (TPSA) is 32.3 Å². The normalized spacial score (nSPS) is 18.1. The van der Waals surface area contributed by atoms with Crippen molar-refractivity contribution in [2.75, 3.05) is 6.54 Å². The van der Waals surface area contributed by atoms with Crippen molar-refractivity contribution in [3.8, 4) is 0 Å². The number of likely N-dealkylation sites (tertiary alicyclic amines) is 1. The van der Waals surface area contributed by atoms with Crippen LogP contribution in [-0.2, 0) is 17.8 Å². The number of hydrogen-bond donors (Lipinski definition) is 1. The van der Waals surface area contributed by atoms with E-state index in [4.69, 9.17) is 23.2 Å². The van der Waals surface area contributed by atoms with E-state index in [0.29, 0.717) is 5.02 Å². The van der Waals surface area contributed by atoms with E-state index in [0.717, 1.165) is 42.9 Å². The summed E-state index contributed by atoms with van der Waals surface area (Å²) in [4.78, 5) is 15.7. The molecule has 4 rings (SSSR count). The Morgan fingerprint density at radius 2 is 1.58 bits per heavy atom. The summed E-state index contributed by atoms with van der Waals surface area (Å²) < 4.78 is 0. The van der Waals surface area contributed by atoms with Crippen molar-refractivity contribution in [2.24, 2.45) is 0 Å². The average molecular weight is 481 g/mol. The van der Waals surface area contributed by atoms with Crippen LogP contribution < -0.4 is 5.32 Å². The fraction of sp³-hybridized carbons (Fsp3) is 0.321. The summed E-state index contributed by atoms with van der Waals surface area (Å²) in [5.41, 5.74) is 3.59. The van der Waals surface area contributed by atoms with Crippen LogP contribution in [0.4, 0.5) is 0 Å². The van der Waals surface area contributed by atoms with Gasteiger partial charge in [-0.2, -0.15) is 0 Å². The Morgan fingerprint density at radius 3 is 2.24 bits per heavy atom. The third kappa shape index (κ3) is 6.38. The summed E-state index contributed by atoms with van der Waals surface area (Å²) in [5.74, 6) is 0.238. The van der Waals surface area contributed by atoms with Gasteiger partial charge in [-0.15, -0.1) is 0 Å². The van der Waals surface area contributed by atoms with E-state index in [-0.39, 0.29) is 23.9 Å². The molecule has 172 valence electrons. The van der Waals surface area contributed by atoms with Gasteiger partial charge >= 0.3 is 0 Å². The van der Waals surface area contributed by atoms with Crippen LogP contribution in [0.2, 0.25) is 10.0 Å². The molecule has 0 aliphatic carbocycles. The van der Waals surface area contributed by atoms with Crippen molar-refractivity contribution in [1.29, 1.82) is 0 Å². The molecule has 5 heteroatoms. The molecule has 0 saturated carbocycles. The lowest BCUT2D eigenvalue weighted by Crippen LogP contribution is -2.47. The van der Waals surface area contributed by atoms with Gasteiger partial charge < -0.3 is 5.32 Å². The fourth-order valence-corrected chi connectivity index (χ4v) is 4.97. The van der Waals surface area contributed by atoms with Crippen molar-refractivity contribution in [1.82, 2.24) is 10.2 Å². The van der Waals surface area contributed by atoms with Gasteiger partial charge in [-0.1, -0.05) is 77.8 Å². The second-order valence-electron chi connectivity index (χ2n) is 8.90. The maximum atomic E-state index is 13.4. The molecule has 33 heavy (non-hydrogen) atoms. The Bertz CT molecular complexity index is 1040. The molecule has 3 atom stereocenters. The molecule has 1 heterocycles. The number of nitrogens with zero attached hydrogens (tertiary/aromatic N) is 1. The first-order valence-electron chi connectivity index (χ1n) is 11.6. The Morgan fingerprint density at radius 1 is 0.939 bits per heavy atom. The summed E-state index contributed by atoms with van der Waals surface area (Å²) in [5, 5.41) is 4.78. The molecule has 3 aromatic rings. The standard InChI is InChI=1S/C28H30Cl2N2O/c1-20(31-28(33)27-8-5-17-32(27)19-22-6-3-2-4-7-22)26(23-11-15-25(30)16-12-23)18-21-9-13-24(29)14-10-21/h2-4,6-7,9-16,20,26-27H,5,8,17-19H2,1H3,(H,31,33). The Hall–Kier alpha value is -2.33. The maximum absolute atomic E-state index is 13.4.